The molecule has 2 aromatic heterocycles. The van der Waals surface area contributed by atoms with E-state index >= 15 is 0 Å². The Morgan fingerprint density at radius 1 is 1.25 bits per heavy atom. The van der Waals surface area contributed by atoms with Gasteiger partial charge in [0.1, 0.15) is 6.04 Å². The van der Waals surface area contributed by atoms with E-state index in [1.54, 1.807) is 19.1 Å². The Morgan fingerprint density at radius 3 is 2.65 bits per heavy atom. The number of benzene rings is 1. The number of halogens is 1. The zero-order valence-electron chi connectivity index (χ0n) is 10.9. The Morgan fingerprint density at radius 2 is 2.00 bits per heavy atom. The van der Waals surface area contributed by atoms with Crippen LogP contribution in [0.3, 0.4) is 0 Å². The predicted molar refractivity (Wildman–Crippen MR) is 71.1 cm³/mol. The van der Waals surface area contributed by atoms with Gasteiger partial charge in [0.05, 0.1) is 0 Å². The van der Waals surface area contributed by atoms with Gasteiger partial charge in [-0.25, -0.2) is 0 Å². The van der Waals surface area contributed by atoms with Crippen LogP contribution in [-0.4, -0.2) is 30.3 Å². The standard InChI is InChI=1S/C12H11ClN6O/c1-7(12-14-8(2)17-20-12)19-16-11(15-18-19)9-3-5-10(13)6-4-9/h3-7H,1-2H3. The summed E-state index contributed by atoms with van der Waals surface area (Å²) >= 11 is 5.85. The molecular formula is C12H11ClN6O. The van der Waals surface area contributed by atoms with Gasteiger partial charge in [0.2, 0.25) is 5.82 Å². The normalized spacial score (nSPS) is 12.6. The first-order valence-corrected chi connectivity index (χ1v) is 6.37. The highest BCUT2D eigenvalue weighted by Gasteiger charge is 2.18. The lowest BCUT2D eigenvalue weighted by molar-refractivity contribution is 0.319. The predicted octanol–water partition coefficient (Wildman–Crippen LogP) is 2.29. The van der Waals surface area contributed by atoms with Crippen molar-refractivity contribution in [2.45, 2.75) is 19.9 Å². The summed E-state index contributed by atoms with van der Waals surface area (Å²) in [5.41, 5.74) is 0.842. The number of rotatable bonds is 3. The summed E-state index contributed by atoms with van der Waals surface area (Å²) in [5.74, 6) is 1.54. The summed E-state index contributed by atoms with van der Waals surface area (Å²) in [6.07, 6.45) is 0. The van der Waals surface area contributed by atoms with E-state index in [4.69, 9.17) is 16.1 Å². The molecule has 0 spiro atoms. The molecule has 0 aliphatic rings. The minimum atomic E-state index is -0.273. The van der Waals surface area contributed by atoms with E-state index in [0.29, 0.717) is 22.6 Å². The Balaban J connectivity index is 1.88. The molecule has 0 radical (unpaired) electrons. The molecule has 0 amide bonds. The van der Waals surface area contributed by atoms with E-state index < -0.39 is 0 Å². The molecule has 2 heterocycles. The monoisotopic (exact) mass is 290 g/mol. The number of hydrogen-bond donors (Lipinski definition) is 0. The van der Waals surface area contributed by atoms with Crippen LogP contribution in [0.5, 0.6) is 0 Å². The molecule has 0 aliphatic carbocycles. The van der Waals surface area contributed by atoms with Crippen molar-refractivity contribution in [2.24, 2.45) is 0 Å². The summed E-state index contributed by atoms with van der Waals surface area (Å²) in [4.78, 5) is 5.60. The second-order valence-corrected chi connectivity index (χ2v) is 4.73. The van der Waals surface area contributed by atoms with Gasteiger partial charge >= 0.3 is 0 Å². The van der Waals surface area contributed by atoms with Gasteiger partial charge in [0.25, 0.3) is 5.89 Å². The Hall–Kier alpha value is -2.28. The Labute approximate surface area is 119 Å². The zero-order valence-corrected chi connectivity index (χ0v) is 11.6. The highest BCUT2D eigenvalue weighted by Crippen LogP contribution is 2.19. The van der Waals surface area contributed by atoms with Crippen LogP contribution in [0.25, 0.3) is 11.4 Å². The minimum Gasteiger partial charge on any atom is -0.337 e. The average Bonchev–Trinajstić information content (AvgIpc) is 3.08. The SMILES string of the molecule is Cc1noc(C(C)n2nnc(-c3ccc(Cl)cc3)n2)n1. The molecule has 0 bridgehead atoms. The van der Waals surface area contributed by atoms with Crippen LogP contribution in [0, 0.1) is 6.92 Å². The van der Waals surface area contributed by atoms with Gasteiger partial charge in [-0.15, -0.1) is 10.2 Å². The van der Waals surface area contributed by atoms with Gasteiger partial charge in [-0.1, -0.05) is 16.8 Å². The summed E-state index contributed by atoms with van der Waals surface area (Å²) in [7, 11) is 0. The third-order valence-corrected chi connectivity index (χ3v) is 3.03. The molecular weight excluding hydrogens is 280 g/mol. The summed E-state index contributed by atoms with van der Waals surface area (Å²) < 4.78 is 5.10. The lowest BCUT2D eigenvalue weighted by Crippen LogP contribution is -2.11. The number of aryl methyl sites for hydroxylation is 1. The molecule has 102 valence electrons. The highest BCUT2D eigenvalue weighted by atomic mass is 35.5. The lowest BCUT2D eigenvalue weighted by atomic mass is 10.2. The van der Waals surface area contributed by atoms with Crippen molar-refractivity contribution in [3.63, 3.8) is 0 Å². The molecule has 0 fully saturated rings. The first-order valence-electron chi connectivity index (χ1n) is 5.99. The average molecular weight is 291 g/mol. The van der Waals surface area contributed by atoms with Gasteiger partial charge in [-0.3, -0.25) is 0 Å². The molecule has 0 N–H and O–H groups in total. The third-order valence-electron chi connectivity index (χ3n) is 2.78. The van der Waals surface area contributed by atoms with Crippen molar-refractivity contribution in [3.8, 4) is 11.4 Å². The topological polar surface area (TPSA) is 82.5 Å². The fraction of sp³-hybridized carbons (Fsp3) is 0.250. The van der Waals surface area contributed by atoms with Crippen molar-refractivity contribution in [2.75, 3.05) is 0 Å². The lowest BCUT2D eigenvalue weighted by Gasteiger charge is -2.02. The molecule has 20 heavy (non-hydrogen) atoms. The maximum absolute atomic E-state index is 5.85. The van der Waals surface area contributed by atoms with Crippen molar-refractivity contribution < 1.29 is 4.52 Å². The van der Waals surface area contributed by atoms with Crippen LogP contribution >= 0.6 is 11.6 Å². The largest absolute Gasteiger partial charge is 0.337 e. The van der Waals surface area contributed by atoms with Crippen molar-refractivity contribution in [1.29, 1.82) is 0 Å². The van der Waals surface area contributed by atoms with E-state index in [-0.39, 0.29) is 6.04 Å². The first kappa shape index (κ1) is 12.7. The maximum atomic E-state index is 5.85. The van der Waals surface area contributed by atoms with Crippen molar-refractivity contribution >= 4 is 11.6 Å². The summed E-state index contributed by atoms with van der Waals surface area (Å²) in [6.45, 7) is 3.62. The van der Waals surface area contributed by atoms with Crippen LogP contribution in [0.1, 0.15) is 24.7 Å². The molecule has 0 saturated carbocycles. The van der Waals surface area contributed by atoms with Crippen molar-refractivity contribution in [3.05, 3.63) is 41.0 Å². The molecule has 1 unspecified atom stereocenters. The quantitative estimate of drug-likeness (QED) is 0.736. The number of hydrogen-bond acceptors (Lipinski definition) is 6. The first-order chi connectivity index (χ1) is 9.63. The molecule has 8 heteroatoms. The van der Waals surface area contributed by atoms with E-state index in [9.17, 15) is 0 Å². The molecule has 7 nitrogen and oxygen atoms in total. The fourth-order valence-electron chi connectivity index (χ4n) is 1.69. The summed E-state index contributed by atoms with van der Waals surface area (Å²) in [6, 6.07) is 6.96. The third kappa shape index (κ3) is 2.39. The molecule has 1 aromatic carbocycles. The maximum Gasteiger partial charge on any atom is 0.253 e. The molecule has 0 saturated heterocycles. The minimum absolute atomic E-state index is 0.273. The highest BCUT2D eigenvalue weighted by molar-refractivity contribution is 6.30. The Bertz CT molecular complexity index is 720. The van der Waals surface area contributed by atoms with Crippen LogP contribution < -0.4 is 0 Å². The van der Waals surface area contributed by atoms with Gasteiger partial charge in [0.15, 0.2) is 5.82 Å². The zero-order chi connectivity index (χ0) is 14.1. The smallest absolute Gasteiger partial charge is 0.253 e. The van der Waals surface area contributed by atoms with Gasteiger partial charge in [-0.2, -0.15) is 9.78 Å². The van der Waals surface area contributed by atoms with Crippen LogP contribution in [0.4, 0.5) is 0 Å². The second kappa shape index (κ2) is 5.01. The molecule has 3 rings (SSSR count). The van der Waals surface area contributed by atoms with Gasteiger partial charge < -0.3 is 4.52 Å². The molecule has 1 atom stereocenters. The van der Waals surface area contributed by atoms with Crippen molar-refractivity contribution in [1.82, 2.24) is 30.3 Å². The van der Waals surface area contributed by atoms with Gasteiger partial charge in [-0.05, 0) is 43.3 Å². The number of tetrazole rings is 1. The molecule has 3 aromatic rings. The summed E-state index contributed by atoms with van der Waals surface area (Å²) in [5, 5.41) is 16.8. The van der Waals surface area contributed by atoms with E-state index in [2.05, 4.69) is 25.6 Å². The van der Waals surface area contributed by atoms with Crippen LogP contribution in [0.15, 0.2) is 28.8 Å². The van der Waals surface area contributed by atoms with Crippen LogP contribution in [0.2, 0.25) is 5.02 Å². The Kier molecular flexibility index (Phi) is 3.19. The van der Waals surface area contributed by atoms with E-state index in [1.807, 2.05) is 19.1 Å². The molecule has 0 aliphatic heterocycles. The number of aromatic nitrogens is 6. The van der Waals surface area contributed by atoms with E-state index in [1.165, 1.54) is 4.80 Å². The van der Waals surface area contributed by atoms with Crippen LogP contribution in [-0.2, 0) is 0 Å². The second-order valence-electron chi connectivity index (χ2n) is 4.30. The number of nitrogens with zero attached hydrogens (tertiary/aromatic N) is 6. The fourth-order valence-corrected chi connectivity index (χ4v) is 1.81. The van der Waals surface area contributed by atoms with E-state index in [0.717, 1.165) is 5.56 Å². The van der Waals surface area contributed by atoms with Gasteiger partial charge in [0, 0.05) is 10.6 Å².